The van der Waals surface area contributed by atoms with E-state index in [1.807, 2.05) is 0 Å². The van der Waals surface area contributed by atoms with Gasteiger partial charge in [0.2, 0.25) is 5.91 Å². The summed E-state index contributed by atoms with van der Waals surface area (Å²) in [6.45, 7) is 0. The van der Waals surface area contributed by atoms with Gasteiger partial charge in [0.1, 0.15) is 0 Å². The molecule has 0 saturated carbocycles. The van der Waals surface area contributed by atoms with Gasteiger partial charge in [0.15, 0.2) is 0 Å². The van der Waals surface area contributed by atoms with Gasteiger partial charge in [-0.2, -0.15) is 0 Å². The second-order valence-corrected chi connectivity index (χ2v) is 8.98. The van der Waals surface area contributed by atoms with E-state index in [4.69, 9.17) is 4.89 Å². The highest BCUT2D eigenvalue weighted by Crippen LogP contribution is 2.64. The highest BCUT2D eigenvalue weighted by molar-refractivity contribution is 8.88. The molecule has 0 saturated heterocycles. The van der Waals surface area contributed by atoms with Crippen LogP contribution in [0.2, 0.25) is 0 Å². The largest absolute Gasteiger partial charge is 0.358 e. The molecule has 0 heterocycles. The Kier molecular flexibility index (Phi) is 5.25. The molecule has 0 radical (unpaired) electrons. The van der Waals surface area contributed by atoms with Crippen molar-refractivity contribution in [3.63, 3.8) is 0 Å². The fraction of sp³-hybridized carbons (Fsp3) is 0.750. The molecule has 66 valence electrons. The minimum Gasteiger partial charge on any atom is -0.358 e. The van der Waals surface area contributed by atoms with Crippen molar-refractivity contribution < 1.29 is 14.3 Å². The van der Waals surface area contributed by atoms with Gasteiger partial charge in [-0.25, -0.2) is 0 Å². The molecule has 4 nitrogen and oxygen atoms in total. The Labute approximate surface area is 73.5 Å². The minimum atomic E-state index is -3.17. The summed E-state index contributed by atoms with van der Waals surface area (Å²) in [6.07, 6.45) is 1.54. The fourth-order valence-corrected chi connectivity index (χ4v) is 3.38. The number of hydrogen-bond donors (Lipinski definition) is 2. The zero-order valence-corrected chi connectivity index (χ0v) is 8.76. The Morgan fingerprint density at radius 2 is 2.27 bits per heavy atom. The van der Waals surface area contributed by atoms with E-state index in [1.165, 1.54) is 13.3 Å². The first kappa shape index (κ1) is 11.4. The average molecular weight is 215 g/mol. The van der Waals surface area contributed by atoms with E-state index < -0.39 is 5.77 Å². The van der Waals surface area contributed by atoms with Gasteiger partial charge in [-0.15, -0.1) is 0 Å². The Morgan fingerprint density at radius 1 is 1.73 bits per heavy atom. The van der Waals surface area contributed by atoms with Crippen LogP contribution in [0.4, 0.5) is 0 Å². The van der Waals surface area contributed by atoms with Gasteiger partial charge in [-0.05, 0) is 17.6 Å². The standard InChI is InChI=1S/C4H10NO3PS2/c1-5-4(6)3-11-9(7,8)10-2/h3H2,1-2H3,(H,5,6)(H,7,8). The third-order valence-electron chi connectivity index (χ3n) is 0.868. The van der Waals surface area contributed by atoms with Gasteiger partial charge in [0.25, 0.3) is 0 Å². The van der Waals surface area contributed by atoms with Crippen LogP contribution in [0.25, 0.3) is 0 Å². The molecule has 11 heavy (non-hydrogen) atoms. The molecule has 0 fully saturated rings. The Hall–Kier alpha value is 0.360. The van der Waals surface area contributed by atoms with Gasteiger partial charge in [-0.3, -0.25) is 9.36 Å². The van der Waals surface area contributed by atoms with Crippen molar-refractivity contribution in [2.24, 2.45) is 0 Å². The quantitative estimate of drug-likeness (QED) is 0.683. The Bertz CT molecular complexity index is 186. The number of nitrogens with one attached hydrogen (secondary N) is 1. The minimum absolute atomic E-state index is 0.0329. The number of carbonyl (C=O) groups excluding carboxylic acids is 1. The summed E-state index contributed by atoms with van der Waals surface area (Å²) < 4.78 is 10.9. The lowest BCUT2D eigenvalue weighted by Crippen LogP contribution is -2.19. The van der Waals surface area contributed by atoms with Gasteiger partial charge < -0.3 is 10.2 Å². The number of rotatable bonds is 4. The maximum atomic E-state index is 10.9. The van der Waals surface area contributed by atoms with Crippen molar-refractivity contribution in [2.75, 3.05) is 19.1 Å². The van der Waals surface area contributed by atoms with Crippen LogP contribution in [-0.2, 0) is 9.36 Å². The topological polar surface area (TPSA) is 66.4 Å². The first-order valence-corrected chi connectivity index (χ1v) is 7.83. The number of carbonyl (C=O) groups is 1. The van der Waals surface area contributed by atoms with E-state index in [0.717, 1.165) is 22.8 Å². The second kappa shape index (κ2) is 5.09. The monoisotopic (exact) mass is 215 g/mol. The lowest BCUT2D eigenvalue weighted by Gasteiger charge is -2.05. The van der Waals surface area contributed by atoms with E-state index in [2.05, 4.69) is 5.32 Å². The van der Waals surface area contributed by atoms with Crippen LogP contribution in [0.15, 0.2) is 0 Å². The molecule has 0 aliphatic rings. The smallest absolute Gasteiger partial charge is 0.310 e. The van der Waals surface area contributed by atoms with Crippen molar-refractivity contribution >= 4 is 34.4 Å². The first-order valence-electron chi connectivity index (χ1n) is 2.75. The number of hydrogen-bond acceptors (Lipinski definition) is 4. The molecule has 0 spiro atoms. The van der Waals surface area contributed by atoms with Crippen LogP contribution >= 0.6 is 28.5 Å². The molecule has 0 aromatic carbocycles. The van der Waals surface area contributed by atoms with Gasteiger partial charge >= 0.3 is 5.77 Å². The fourth-order valence-electron chi connectivity index (χ4n) is 0.265. The summed E-state index contributed by atoms with van der Waals surface area (Å²) in [5.41, 5.74) is 0. The second-order valence-electron chi connectivity index (χ2n) is 1.60. The van der Waals surface area contributed by atoms with E-state index in [1.54, 1.807) is 0 Å². The molecule has 1 atom stereocenters. The molecule has 0 bridgehead atoms. The molecule has 2 N–H and O–H groups in total. The highest BCUT2D eigenvalue weighted by atomic mass is 33.1. The third kappa shape index (κ3) is 5.61. The van der Waals surface area contributed by atoms with Gasteiger partial charge in [0.05, 0.1) is 5.75 Å². The van der Waals surface area contributed by atoms with E-state index in [9.17, 15) is 9.36 Å². The summed E-state index contributed by atoms with van der Waals surface area (Å²) in [5.74, 6) is -3.37. The summed E-state index contributed by atoms with van der Waals surface area (Å²) in [7, 11) is 1.49. The van der Waals surface area contributed by atoms with Crippen molar-refractivity contribution in [1.29, 1.82) is 0 Å². The molecule has 0 rings (SSSR count). The normalized spacial score (nSPS) is 15.5. The molecule has 7 heteroatoms. The van der Waals surface area contributed by atoms with Crippen molar-refractivity contribution in [2.45, 2.75) is 0 Å². The molecule has 1 unspecified atom stereocenters. The molecule has 1 amide bonds. The predicted molar refractivity (Wildman–Crippen MR) is 49.9 cm³/mol. The van der Waals surface area contributed by atoms with Crippen molar-refractivity contribution in [3.05, 3.63) is 0 Å². The predicted octanol–water partition coefficient (Wildman–Crippen LogP) is 0.929. The molecule has 0 aliphatic heterocycles. The zero-order valence-electron chi connectivity index (χ0n) is 6.23. The highest BCUT2D eigenvalue weighted by Gasteiger charge is 2.18. The average Bonchev–Trinajstić information content (AvgIpc) is 2.00. The van der Waals surface area contributed by atoms with Crippen molar-refractivity contribution in [1.82, 2.24) is 5.32 Å². The third-order valence-corrected chi connectivity index (χ3v) is 7.09. The lowest BCUT2D eigenvalue weighted by atomic mass is 10.7. The molecule has 0 aromatic rings. The zero-order chi connectivity index (χ0) is 8.91. The molecule has 0 aromatic heterocycles. The van der Waals surface area contributed by atoms with Crippen LogP contribution < -0.4 is 5.32 Å². The van der Waals surface area contributed by atoms with Crippen LogP contribution in [0, 0.1) is 0 Å². The first-order chi connectivity index (χ1) is 5.02. The maximum Gasteiger partial charge on any atom is 0.310 e. The van der Waals surface area contributed by atoms with E-state index in [0.29, 0.717) is 0 Å². The maximum absolute atomic E-state index is 10.9. The molecular weight excluding hydrogens is 205 g/mol. The van der Waals surface area contributed by atoms with Crippen LogP contribution in [0.1, 0.15) is 0 Å². The van der Waals surface area contributed by atoms with Crippen LogP contribution in [0.3, 0.4) is 0 Å². The van der Waals surface area contributed by atoms with E-state index in [-0.39, 0.29) is 11.7 Å². The Morgan fingerprint density at radius 3 is 2.64 bits per heavy atom. The Balaban J connectivity index is 3.70. The summed E-state index contributed by atoms with van der Waals surface area (Å²) in [4.78, 5) is 19.6. The van der Waals surface area contributed by atoms with Crippen molar-refractivity contribution in [3.8, 4) is 0 Å². The number of amides is 1. The molecule has 0 aliphatic carbocycles. The summed E-state index contributed by atoms with van der Waals surface area (Å²) in [6, 6.07) is 0. The van der Waals surface area contributed by atoms with Gasteiger partial charge in [-0.1, -0.05) is 11.4 Å². The lowest BCUT2D eigenvalue weighted by molar-refractivity contribution is -0.118. The van der Waals surface area contributed by atoms with Crippen LogP contribution in [-0.4, -0.2) is 29.9 Å². The van der Waals surface area contributed by atoms with Gasteiger partial charge in [0, 0.05) is 7.05 Å². The summed E-state index contributed by atoms with van der Waals surface area (Å²) in [5, 5.41) is 2.36. The van der Waals surface area contributed by atoms with Crippen LogP contribution in [0.5, 0.6) is 0 Å². The van der Waals surface area contributed by atoms with E-state index >= 15 is 0 Å². The summed E-state index contributed by atoms with van der Waals surface area (Å²) >= 11 is 1.65. The molecular formula is C4H10NO3PS2. The SMILES string of the molecule is CNC(=O)CSP(=O)(O)SC.